The summed E-state index contributed by atoms with van der Waals surface area (Å²) in [6.45, 7) is 4.34. The minimum absolute atomic E-state index is 0.763. The van der Waals surface area contributed by atoms with E-state index < -0.39 is 0 Å². The van der Waals surface area contributed by atoms with Crippen LogP contribution in [0.3, 0.4) is 0 Å². The van der Waals surface area contributed by atoms with Gasteiger partial charge in [-0.2, -0.15) is 0 Å². The quantitative estimate of drug-likeness (QED) is 0.424. The molecule has 0 radical (unpaired) electrons. The third kappa shape index (κ3) is 0.970. The van der Waals surface area contributed by atoms with Crippen LogP contribution in [0.4, 0.5) is 0 Å². The second-order valence-electron chi connectivity index (χ2n) is 2.41. The van der Waals surface area contributed by atoms with Gasteiger partial charge in [0.1, 0.15) is 0 Å². The Morgan fingerprint density at radius 1 is 1.50 bits per heavy atom. The van der Waals surface area contributed by atoms with E-state index in [-0.39, 0.29) is 0 Å². The number of allylic oxidation sites excluding steroid dienone is 2. The van der Waals surface area contributed by atoms with Crippen LogP contribution in [-0.4, -0.2) is 4.83 Å². The molecule has 1 aliphatic carbocycles. The van der Waals surface area contributed by atoms with Gasteiger partial charge in [-0.25, -0.2) is 0 Å². The molecular formula is C7H11Br. The molecule has 3 unspecified atom stereocenters. The molecule has 0 N–H and O–H groups in total. The maximum absolute atomic E-state index is 3.56. The summed E-state index contributed by atoms with van der Waals surface area (Å²) >= 11 is 3.56. The molecule has 0 nitrogen and oxygen atoms in total. The molecule has 46 valence electrons. The Kier molecular flexibility index (Phi) is 1.76. The lowest BCUT2D eigenvalue weighted by molar-refractivity contribution is 0.899. The minimum atomic E-state index is 0.763. The zero-order valence-corrected chi connectivity index (χ0v) is 6.85. The van der Waals surface area contributed by atoms with Crippen molar-refractivity contribution in [3.05, 3.63) is 12.2 Å². The number of hydrogen-bond acceptors (Lipinski definition) is 0. The zero-order valence-electron chi connectivity index (χ0n) is 5.26. The van der Waals surface area contributed by atoms with Crippen LogP contribution in [0.1, 0.15) is 13.8 Å². The molecule has 1 aliphatic rings. The molecule has 1 fully saturated rings. The van der Waals surface area contributed by atoms with Crippen molar-refractivity contribution >= 4 is 15.9 Å². The predicted molar refractivity (Wildman–Crippen MR) is 40.2 cm³/mol. The van der Waals surface area contributed by atoms with Gasteiger partial charge in [-0.1, -0.05) is 35.0 Å². The normalized spacial score (nSPS) is 45.6. The monoisotopic (exact) mass is 174 g/mol. The summed E-state index contributed by atoms with van der Waals surface area (Å²) in [5.74, 6) is 1.69. The van der Waals surface area contributed by atoms with E-state index >= 15 is 0 Å². The van der Waals surface area contributed by atoms with Crippen molar-refractivity contribution in [2.45, 2.75) is 18.7 Å². The van der Waals surface area contributed by atoms with Gasteiger partial charge in [-0.15, -0.1) is 0 Å². The maximum atomic E-state index is 3.56. The molecule has 1 rings (SSSR count). The summed E-state index contributed by atoms with van der Waals surface area (Å²) in [7, 11) is 0. The first kappa shape index (κ1) is 6.34. The van der Waals surface area contributed by atoms with Crippen LogP contribution in [0.25, 0.3) is 0 Å². The van der Waals surface area contributed by atoms with Gasteiger partial charge >= 0.3 is 0 Å². The van der Waals surface area contributed by atoms with Crippen LogP contribution in [0, 0.1) is 11.8 Å². The fraction of sp³-hybridized carbons (Fsp3) is 0.714. The van der Waals surface area contributed by atoms with Crippen molar-refractivity contribution in [1.29, 1.82) is 0 Å². The second-order valence-corrected chi connectivity index (χ2v) is 3.46. The smallest absolute Gasteiger partial charge is 0.0243 e. The summed E-state index contributed by atoms with van der Waals surface area (Å²) in [6, 6.07) is 0. The Bertz CT molecular complexity index is 99.0. The average molecular weight is 175 g/mol. The molecule has 0 bridgehead atoms. The van der Waals surface area contributed by atoms with Gasteiger partial charge in [0.25, 0.3) is 0 Å². The van der Waals surface area contributed by atoms with Crippen molar-refractivity contribution in [2.24, 2.45) is 11.8 Å². The maximum Gasteiger partial charge on any atom is 0.0243 e. The molecule has 3 atom stereocenters. The summed E-state index contributed by atoms with van der Waals surface area (Å²) in [4.78, 5) is 0.763. The van der Waals surface area contributed by atoms with Crippen molar-refractivity contribution in [3.63, 3.8) is 0 Å². The summed E-state index contributed by atoms with van der Waals surface area (Å²) in [5.41, 5.74) is 0. The van der Waals surface area contributed by atoms with E-state index in [9.17, 15) is 0 Å². The van der Waals surface area contributed by atoms with Gasteiger partial charge in [0.2, 0.25) is 0 Å². The van der Waals surface area contributed by atoms with Gasteiger partial charge in [0.15, 0.2) is 0 Å². The zero-order chi connectivity index (χ0) is 6.15. The summed E-state index contributed by atoms with van der Waals surface area (Å²) in [6.07, 6.45) is 4.40. The molecule has 0 aromatic rings. The number of rotatable bonds is 1. The van der Waals surface area contributed by atoms with Gasteiger partial charge in [0, 0.05) is 4.83 Å². The van der Waals surface area contributed by atoms with Gasteiger partial charge in [-0.05, 0) is 18.8 Å². The van der Waals surface area contributed by atoms with E-state index in [0.29, 0.717) is 0 Å². The SMILES string of the molecule is CC=CC1C(C)C1Br. The molecule has 1 heteroatoms. The summed E-state index contributed by atoms with van der Waals surface area (Å²) in [5, 5.41) is 0. The lowest BCUT2D eigenvalue weighted by Crippen LogP contribution is -1.66. The van der Waals surface area contributed by atoms with Crippen LogP contribution >= 0.6 is 15.9 Å². The fourth-order valence-electron chi connectivity index (χ4n) is 0.947. The van der Waals surface area contributed by atoms with Crippen LogP contribution in [-0.2, 0) is 0 Å². The molecule has 1 saturated carbocycles. The van der Waals surface area contributed by atoms with Crippen LogP contribution in [0.15, 0.2) is 12.2 Å². The van der Waals surface area contributed by atoms with Crippen molar-refractivity contribution in [1.82, 2.24) is 0 Å². The van der Waals surface area contributed by atoms with E-state index in [1.807, 2.05) is 0 Å². The van der Waals surface area contributed by atoms with Crippen molar-refractivity contribution in [3.8, 4) is 0 Å². The Morgan fingerprint density at radius 2 is 2.00 bits per heavy atom. The van der Waals surface area contributed by atoms with Crippen molar-refractivity contribution < 1.29 is 0 Å². The molecule has 0 aromatic heterocycles. The Labute approximate surface area is 59.1 Å². The molecule has 0 spiro atoms. The van der Waals surface area contributed by atoms with Gasteiger partial charge in [-0.3, -0.25) is 0 Å². The van der Waals surface area contributed by atoms with Gasteiger partial charge < -0.3 is 0 Å². The largest absolute Gasteiger partial charge is 0.0913 e. The first-order chi connectivity index (χ1) is 3.77. The number of hydrogen-bond donors (Lipinski definition) is 0. The van der Waals surface area contributed by atoms with E-state index in [1.165, 1.54) is 0 Å². The van der Waals surface area contributed by atoms with Gasteiger partial charge in [0.05, 0.1) is 0 Å². The van der Waals surface area contributed by atoms with E-state index in [4.69, 9.17) is 0 Å². The number of halogens is 1. The average Bonchev–Trinajstić information content (AvgIpc) is 2.25. The Morgan fingerprint density at radius 3 is 2.12 bits per heavy atom. The highest BCUT2D eigenvalue weighted by molar-refractivity contribution is 9.09. The van der Waals surface area contributed by atoms with Crippen molar-refractivity contribution in [2.75, 3.05) is 0 Å². The lowest BCUT2D eigenvalue weighted by atomic mass is 10.3. The molecule has 0 amide bonds. The Hall–Kier alpha value is 0.220. The molecular weight excluding hydrogens is 164 g/mol. The Balaban J connectivity index is 2.33. The third-order valence-electron chi connectivity index (χ3n) is 1.75. The highest BCUT2D eigenvalue weighted by atomic mass is 79.9. The molecule has 0 heterocycles. The first-order valence-corrected chi connectivity index (χ1v) is 3.96. The molecule has 0 saturated heterocycles. The van der Waals surface area contributed by atoms with E-state index in [0.717, 1.165) is 16.7 Å². The highest BCUT2D eigenvalue weighted by Gasteiger charge is 2.42. The standard InChI is InChI=1S/C7H11Br/c1-3-4-6-5(2)7(6)8/h3-7H,1-2H3. The lowest BCUT2D eigenvalue weighted by Gasteiger charge is -1.76. The van der Waals surface area contributed by atoms with E-state index in [1.54, 1.807) is 0 Å². The third-order valence-corrected chi connectivity index (χ3v) is 3.20. The second kappa shape index (κ2) is 2.22. The highest BCUT2D eigenvalue weighted by Crippen LogP contribution is 2.45. The molecule has 0 aliphatic heterocycles. The predicted octanol–water partition coefficient (Wildman–Crippen LogP) is 2.59. The minimum Gasteiger partial charge on any atom is -0.0913 e. The van der Waals surface area contributed by atoms with E-state index in [2.05, 4.69) is 41.9 Å². The topological polar surface area (TPSA) is 0 Å². The molecule has 0 aromatic carbocycles. The number of alkyl halides is 1. The first-order valence-electron chi connectivity index (χ1n) is 3.04. The summed E-state index contributed by atoms with van der Waals surface area (Å²) < 4.78 is 0. The van der Waals surface area contributed by atoms with Crippen LogP contribution in [0.2, 0.25) is 0 Å². The molecule has 8 heavy (non-hydrogen) atoms. The fourth-order valence-corrected chi connectivity index (χ4v) is 1.78. The van der Waals surface area contributed by atoms with Crippen LogP contribution in [0.5, 0.6) is 0 Å². The van der Waals surface area contributed by atoms with Crippen LogP contribution < -0.4 is 0 Å².